The molecule has 0 amide bonds. The number of benzene rings is 1. The van der Waals surface area contributed by atoms with Gasteiger partial charge < -0.3 is 20.4 Å². The van der Waals surface area contributed by atoms with Crippen LogP contribution in [0, 0.1) is 0 Å². The lowest BCUT2D eigenvalue weighted by atomic mass is 9.98. The van der Waals surface area contributed by atoms with Gasteiger partial charge in [0.15, 0.2) is 11.6 Å². The quantitative estimate of drug-likeness (QED) is 0.500. The van der Waals surface area contributed by atoms with Crippen LogP contribution in [0.15, 0.2) is 71.8 Å². The highest BCUT2D eigenvalue weighted by atomic mass is 16.5. The molecular formula is C22H20N6O. The third-order valence-electron chi connectivity index (χ3n) is 5.17. The van der Waals surface area contributed by atoms with Crippen molar-refractivity contribution in [3.05, 3.63) is 72.5 Å². The number of methoxy groups -OCH3 is 1. The van der Waals surface area contributed by atoms with Gasteiger partial charge in [-0.3, -0.25) is 9.98 Å². The fourth-order valence-corrected chi connectivity index (χ4v) is 3.66. The number of rotatable bonds is 4. The minimum Gasteiger partial charge on any atom is -0.493 e. The first kappa shape index (κ1) is 17.2. The number of dihydropyridines is 1. The van der Waals surface area contributed by atoms with E-state index < -0.39 is 0 Å². The summed E-state index contributed by atoms with van der Waals surface area (Å²) in [6.07, 6.45) is 7.48. The maximum Gasteiger partial charge on any atom is 0.161 e. The van der Waals surface area contributed by atoms with E-state index in [2.05, 4.69) is 44.2 Å². The van der Waals surface area contributed by atoms with Crippen LogP contribution >= 0.6 is 0 Å². The number of pyridine rings is 1. The van der Waals surface area contributed by atoms with Crippen molar-refractivity contribution in [1.82, 2.24) is 19.9 Å². The lowest BCUT2D eigenvalue weighted by molar-refractivity contribution is 0.309. The van der Waals surface area contributed by atoms with Crippen LogP contribution in [0.4, 0.5) is 0 Å². The minimum absolute atomic E-state index is 0.0161. The van der Waals surface area contributed by atoms with Gasteiger partial charge in [-0.2, -0.15) is 0 Å². The number of hydrogen-bond acceptors (Lipinski definition) is 5. The van der Waals surface area contributed by atoms with Crippen molar-refractivity contribution in [3.8, 4) is 22.6 Å². The monoisotopic (exact) mass is 384 g/mol. The predicted molar refractivity (Wildman–Crippen MR) is 113 cm³/mol. The van der Waals surface area contributed by atoms with Gasteiger partial charge in [0.05, 0.1) is 25.0 Å². The number of hydrogen-bond donors (Lipinski definition) is 3. The zero-order valence-corrected chi connectivity index (χ0v) is 15.9. The van der Waals surface area contributed by atoms with E-state index in [1.54, 1.807) is 19.5 Å². The highest BCUT2D eigenvalue weighted by Crippen LogP contribution is 2.33. The van der Waals surface area contributed by atoms with Gasteiger partial charge in [0, 0.05) is 46.5 Å². The van der Waals surface area contributed by atoms with E-state index in [0.29, 0.717) is 18.1 Å². The molecule has 1 unspecified atom stereocenters. The van der Waals surface area contributed by atoms with Crippen LogP contribution < -0.4 is 5.73 Å². The molecule has 4 aromatic rings. The molecule has 4 heterocycles. The van der Waals surface area contributed by atoms with Gasteiger partial charge in [0.25, 0.3) is 0 Å². The maximum absolute atomic E-state index is 5.94. The normalized spacial score (nSPS) is 16.5. The van der Waals surface area contributed by atoms with Gasteiger partial charge in [-0.15, -0.1) is 0 Å². The number of nitrogens with zero attached hydrogens (tertiary/aromatic N) is 3. The number of ether oxygens (including phenoxy) is 1. The SMILES string of the molecule is COC1=CC(c2[nH]c(-c3ccc4[nH]ccc4c3)nc2-c2ccncc2)CN=C1N. The third-order valence-corrected chi connectivity index (χ3v) is 5.17. The Bertz CT molecular complexity index is 1230. The highest BCUT2D eigenvalue weighted by Gasteiger charge is 2.24. The average molecular weight is 384 g/mol. The molecule has 144 valence electrons. The van der Waals surface area contributed by atoms with Gasteiger partial charge >= 0.3 is 0 Å². The summed E-state index contributed by atoms with van der Waals surface area (Å²) in [5.41, 5.74) is 10.9. The smallest absolute Gasteiger partial charge is 0.161 e. The number of aromatic amines is 2. The zero-order chi connectivity index (χ0) is 19.8. The zero-order valence-electron chi connectivity index (χ0n) is 15.9. The molecule has 0 saturated carbocycles. The Labute approximate surface area is 167 Å². The van der Waals surface area contributed by atoms with E-state index in [0.717, 1.165) is 39.2 Å². The van der Waals surface area contributed by atoms with Gasteiger partial charge in [-0.1, -0.05) is 0 Å². The number of amidine groups is 1. The molecular weight excluding hydrogens is 364 g/mol. The minimum atomic E-state index is -0.0161. The molecule has 0 saturated heterocycles. The summed E-state index contributed by atoms with van der Waals surface area (Å²) in [6.45, 7) is 0.537. The van der Waals surface area contributed by atoms with E-state index in [9.17, 15) is 0 Å². The number of fused-ring (bicyclic) bond motifs is 1. The lowest BCUT2D eigenvalue weighted by Crippen LogP contribution is -2.23. The average Bonchev–Trinajstić information content (AvgIpc) is 3.41. The number of nitrogens with one attached hydrogen (secondary N) is 2. The topological polar surface area (TPSA) is 105 Å². The molecule has 3 aromatic heterocycles. The largest absolute Gasteiger partial charge is 0.493 e. The number of imidazole rings is 1. The Morgan fingerprint density at radius 1 is 1.10 bits per heavy atom. The first-order valence-electron chi connectivity index (χ1n) is 9.37. The van der Waals surface area contributed by atoms with E-state index in [-0.39, 0.29) is 5.92 Å². The molecule has 1 aliphatic rings. The van der Waals surface area contributed by atoms with Crippen LogP contribution in [0.1, 0.15) is 11.6 Å². The maximum atomic E-state index is 5.94. The molecule has 29 heavy (non-hydrogen) atoms. The molecule has 1 aromatic carbocycles. The summed E-state index contributed by atoms with van der Waals surface area (Å²) in [6, 6.07) is 12.2. The summed E-state index contributed by atoms with van der Waals surface area (Å²) in [5.74, 6) is 1.81. The van der Waals surface area contributed by atoms with Crippen LogP contribution in [0.5, 0.6) is 0 Å². The fraction of sp³-hybridized carbons (Fsp3) is 0.136. The van der Waals surface area contributed by atoms with E-state index >= 15 is 0 Å². The van der Waals surface area contributed by atoms with Crippen LogP contribution in [-0.4, -0.2) is 39.4 Å². The second kappa shape index (κ2) is 6.94. The van der Waals surface area contributed by atoms with Crippen molar-refractivity contribution < 1.29 is 4.74 Å². The molecule has 0 radical (unpaired) electrons. The Kier molecular flexibility index (Phi) is 4.13. The molecule has 1 aliphatic heterocycles. The van der Waals surface area contributed by atoms with Crippen molar-refractivity contribution in [2.75, 3.05) is 13.7 Å². The molecule has 5 rings (SSSR count). The highest BCUT2D eigenvalue weighted by molar-refractivity contribution is 5.96. The molecule has 7 heteroatoms. The molecule has 0 aliphatic carbocycles. The summed E-state index contributed by atoms with van der Waals surface area (Å²) in [4.78, 5) is 20.3. The standard InChI is InChI=1S/C22H20N6O/c1-29-18-11-16(12-26-21(18)23)20-19(13-4-7-24-8-5-13)27-22(28-20)15-2-3-17-14(10-15)6-9-25-17/h2-11,16,25H,12H2,1H3,(H2,23,26)(H,27,28). The lowest BCUT2D eigenvalue weighted by Gasteiger charge is -2.18. The van der Waals surface area contributed by atoms with Gasteiger partial charge in [0.2, 0.25) is 0 Å². The van der Waals surface area contributed by atoms with E-state index in [1.165, 1.54) is 0 Å². The first-order chi connectivity index (χ1) is 14.2. The Hall–Kier alpha value is -3.87. The summed E-state index contributed by atoms with van der Waals surface area (Å²) in [5, 5.41) is 1.14. The summed E-state index contributed by atoms with van der Waals surface area (Å²) >= 11 is 0. The van der Waals surface area contributed by atoms with Crippen molar-refractivity contribution in [2.45, 2.75) is 5.92 Å². The number of H-pyrrole nitrogens is 2. The van der Waals surface area contributed by atoms with E-state index in [4.69, 9.17) is 15.5 Å². The predicted octanol–water partition coefficient (Wildman–Crippen LogP) is 3.60. The van der Waals surface area contributed by atoms with Crippen molar-refractivity contribution in [1.29, 1.82) is 0 Å². The van der Waals surface area contributed by atoms with Crippen LogP contribution in [0.3, 0.4) is 0 Å². The number of aromatic nitrogens is 4. The number of aliphatic imine (C=N–C) groups is 1. The molecule has 0 spiro atoms. The second-order valence-electron chi connectivity index (χ2n) is 6.93. The summed E-state index contributed by atoms with van der Waals surface area (Å²) < 4.78 is 5.39. The van der Waals surface area contributed by atoms with Crippen molar-refractivity contribution in [3.63, 3.8) is 0 Å². The number of nitrogens with two attached hydrogens (primary N) is 1. The Balaban J connectivity index is 1.64. The van der Waals surface area contributed by atoms with Gasteiger partial charge in [-0.05, 0) is 42.5 Å². The molecule has 7 nitrogen and oxygen atoms in total. The van der Waals surface area contributed by atoms with E-state index in [1.807, 2.05) is 24.4 Å². The van der Waals surface area contributed by atoms with Crippen molar-refractivity contribution in [2.24, 2.45) is 10.7 Å². The van der Waals surface area contributed by atoms with Crippen LogP contribution in [0.2, 0.25) is 0 Å². The Morgan fingerprint density at radius 2 is 1.97 bits per heavy atom. The van der Waals surface area contributed by atoms with Gasteiger partial charge in [-0.25, -0.2) is 4.98 Å². The second-order valence-corrected chi connectivity index (χ2v) is 6.93. The summed E-state index contributed by atoms with van der Waals surface area (Å²) in [7, 11) is 1.60. The molecule has 1 atom stereocenters. The van der Waals surface area contributed by atoms with Crippen LogP contribution in [-0.2, 0) is 4.74 Å². The molecule has 4 N–H and O–H groups in total. The Morgan fingerprint density at radius 3 is 2.79 bits per heavy atom. The van der Waals surface area contributed by atoms with Crippen molar-refractivity contribution >= 4 is 16.7 Å². The fourth-order valence-electron chi connectivity index (χ4n) is 3.66. The van der Waals surface area contributed by atoms with Crippen LogP contribution in [0.25, 0.3) is 33.5 Å². The molecule has 0 fully saturated rings. The van der Waals surface area contributed by atoms with Gasteiger partial charge in [0.1, 0.15) is 5.82 Å². The third kappa shape index (κ3) is 3.06. The molecule has 0 bridgehead atoms. The first-order valence-corrected chi connectivity index (χ1v) is 9.37.